The van der Waals surface area contributed by atoms with Gasteiger partial charge in [-0.25, -0.2) is 0 Å². The third-order valence-electron chi connectivity index (χ3n) is 4.65. The van der Waals surface area contributed by atoms with E-state index in [2.05, 4.69) is 15.5 Å². The molecule has 7 nitrogen and oxygen atoms in total. The molecule has 152 valence electrons. The highest BCUT2D eigenvalue weighted by Gasteiger charge is 2.16. The Bertz CT molecular complexity index is 1100. The van der Waals surface area contributed by atoms with Crippen molar-refractivity contribution < 1.29 is 14.3 Å². The molecule has 3 rings (SSSR count). The van der Waals surface area contributed by atoms with Gasteiger partial charge < -0.3 is 14.8 Å². The molecule has 1 atom stereocenters. The highest BCUT2D eigenvalue weighted by Crippen LogP contribution is 2.33. The van der Waals surface area contributed by atoms with E-state index in [4.69, 9.17) is 9.47 Å². The summed E-state index contributed by atoms with van der Waals surface area (Å²) in [6.45, 7) is 1.87. The van der Waals surface area contributed by atoms with E-state index in [9.17, 15) is 10.1 Å². The number of aromatic amines is 1. The first-order chi connectivity index (χ1) is 14.6. The van der Waals surface area contributed by atoms with Gasteiger partial charge in [0.25, 0.3) is 5.91 Å². The molecule has 1 aromatic heterocycles. The second kappa shape index (κ2) is 9.43. The summed E-state index contributed by atoms with van der Waals surface area (Å²) in [6, 6.07) is 16.7. The van der Waals surface area contributed by atoms with Crippen molar-refractivity contribution in [2.75, 3.05) is 14.2 Å². The zero-order valence-corrected chi connectivity index (χ0v) is 17.0. The normalized spacial score (nSPS) is 12.0. The van der Waals surface area contributed by atoms with Gasteiger partial charge in [-0.05, 0) is 36.8 Å². The molecule has 0 spiro atoms. The van der Waals surface area contributed by atoms with Crippen LogP contribution in [-0.4, -0.2) is 30.3 Å². The second-order valence-electron chi connectivity index (χ2n) is 6.55. The molecule has 0 aliphatic carbocycles. The Morgan fingerprint density at radius 3 is 2.57 bits per heavy atom. The third-order valence-corrected chi connectivity index (χ3v) is 4.65. The summed E-state index contributed by atoms with van der Waals surface area (Å²) < 4.78 is 10.6. The van der Waals surface area contributed by atoms with Crippen LogP contribution in [0.5, 0.6) is 11.5 Å². The lowest BCUT2D eigenvalue weighted by Crippen LogP contribution is -2.27. The SMILES string of the molecule is COc1ccc(-c2[nH]ncc2/C=C(/C#N)C(=O)NC(C)c2ccccc2)cc1OC. The molecular formula is C23H22N4O3. The lowest BCUT2D eigenvalue weighted by molar-refractivity contribution is -0.117. The smallest absolute Gasteiger partial charge is 0.262 e. The molecule has 2 aromatic carbocycles. The Balaban J connectivity index is 1.87. The number of methoxy groups -OCH3 is 2. The minimum absolute atomic E-state index is 0.0130. The highest BCUT2D eigenvalue weighted by atomic mass is 16.5. The van der Waals surface area contributed by atoms with Gasteiger partial charge in [0.1, 0.15) is 11.6 Å². The van der Waals surface area contributed by atoms with Gasteiger partial charge >= 0.3 is 0 Å². The van der Waals surface area contributed by atoms with E-state index < -0.39 is 5.91 Å². The number of benzene rings is 2. The van der Waals surface area contributed by atoms with Crippen LogP contribution >= 0.6 is 0 Å². The molecule has 0 radical (unpaired) electrons. The average molecular weight is 402 g/mol. The summed E-state index contributed by atoms with van der Waals surface area (Å²) in [4.78, 5) is 12.6. The van der Waals surface area contributed by atoms with Crippen molar-refractivity contribution in [1.82, 2.24) is 15.5 Å². The van der Waals surface area contributed by atoms with Crippen molar-refractivity contribution >= 4 is 12.0 Å². The Morgan fingerprint density at radius 1 is 1.17 bits per heavy atom. The van der Waals surface area contributed by atoms with Gasteiger partial charge in [0.05, 0.1) is 32.2 Å². The third kappa shape index (κ3) is 4.50. The summed E-state index contributed by atoms with van der Waals surface area (Å²) in [6.07, 6.45) is 3.08. The molecule has 2 N–H and O–H groups in total. The van der Waals surface area contributed by atoms with Crippen LogP contribution < -0.4 is 14.8 Å². The van der Waals surface area contributed by atoms with Gasteiger partial charge in [0.2, 0.25) is 0 Å². The summed E-state index contributed by atoms with van der Waals surface area (Å²) >= 11 is 0. The first-order valence-electron chi connectivity index (χ1n) is 9.30. The van der Waals surface area contributed by atoms with E-state index in [0.29, 0.717) is 22.8 Å². The van der Waals surface area contributed by atoms with Crippen LogP contribution in [0.4, 0.5) is 0 Å². The van der Waals surface area contributed by atoms with Crippen LogP contribution in [0, 0.1) is 11.3 Å². The number of carbonyl (C=O) groups is 1. The molecule has 3 aromatic rings. The lowest BCUT2D eigenvalue weighted by Gasteiger charge is -2.13. The molecule has 30 heavy (non-hydrogen) atoms. The highest BCUT2D eigenvalue weighted by molar-refractivity contribution is 6.02. The van der Waals surface area contributed by atoms with Gasteiger partial charge in [-0.3, -0.25) is 9.89 Å². The number of nitrogens with zero attached hydrogens (tertiary/aromatic N) is 2. The van der Waals surface area contributed by atoms with Gasteiger partial charge in [-0.15, -0.1) is 0 Å². The van der Waals surface area contributed by atoms with E-state index in [0.717, 1.165) is 11.1 Å². The molecule has 7 heteroatoms. The second-order valence-corrected chi connectivity index (χ2v) is 6.55. The zero-order chi connectivity index (χ0) is 21.5. The van der Waals surface area contributed by atoms with Crippen LogP contribution in [0.25, 0.3) is 17.3 Å². The van der Waals surface area contributed by atoms with Gasteiger partial charge in [-0.1, -0.05) is 30.3 Å². The number of nitriles is 1. The summed E-state index contributed by atoms with van der Waals surface area (Å²) in [5.41, 5.74) is 3.00. The van der Waals surface area contributed by atoms with Gasteiger partial charge in [0.15, 0.2) is 11.5 Å². The fourth-order valence-corrected chi connectivity index (χ4v) is 3.03. The number of ether oxygens (including phenoxy) is 2. The van der Waals surface area contributed by atoms with Crippen LogP contribution in [0.3, 0.4) is 0 Å². The van der Waals surface area contributed by atoms with Crippen LogP contribution in [0.15, 0.2) is 60.3 Å². The molecule has 0 bridgehead atoms. The van der Waals surface area contributed by atoms with Crippen molar-refractivity contribution in [3.63, 3.8) is 0 Å². The fraction of sp³-hybridized carbons (Fsp3) is 0.174. The maximum Gasteiger partial charge on any atom is 0.262 e. The van der Waals surface area contributed by atoms with Crippen LogP contribution in [0.2, 0.25) is 0 Å². The quantitative estimate of drug-likeness (QED) is 0.461. The van der Waals surface area contributed by atoms with E-state index >= 15 is 0 Å². The molecule has 0 saturated carbocycles. The Kier molecular flexibility index (Phi) is 6.50. The molecular weight excluding hydrogens is 380 g/mol. The first-order valence-corrected chi connectivity index (χ1v) is 9.30. The van der Waals surface area contributed by atoms with Crippen molar-refractivity contribution in [3.8, 4) is 28.8 Å². The standard InChI is InChI=1S/C23H22N4O3/c1-15(16-7-5-4-6-8-16)26-23(28)18(13-24)11-19-14-25-27-22(19)17-9-10-20(29-2)21(12-17)30-3/h4-12,14-15H,1-3H3,(H,25,27)(H,26,28)/b18-11-. The van der Waals surface area contributed by atoms with Crippen molar-refractivity contribution in [2.24, 2.45) is 0 Å². The first kappa shape index (κ1) is 20.7. The Hall–Kier alpha value is -4.05. The number of hydrogen-bond donors (Lipinski definition) is 2. The van der Waals surface area contributed by atoms with Gasteiger partial charge in [0, 0.05) is 11.1 Å². The van der Waals surface area contributed by atoms with Crippen LogP contribution in [-0.2, 0) is 4.79 Å². The minimum atomic E-state index is -0.451. The monoisotopic (exact) mass is 402 g/mol. The van der Waals surface area contributed by atoms with E-state index in [1.165, 1.54) is 6.08 Å². The van der Waals surface area contributed by atoms with Crippen molar-refractivity contribution in [2.45, 2.75) is 13.0 Å². The lowest BCUT2D eigenvalue weighted by atomic mass is 10.0. The molecule has 1 unspecified atom stereocenters. The number of nitrogens with one attached hydrogen (secondary N) is 2. The minimum Gasteiger partial charge on any atom is -0.493 e. The van der Waals surface area contributed by atoms with Crippen molar-refractivity contribution in [1.29, 1.82) is 5.26 Å². The van der Waals surface area contributed by atoms with E-state index in [1.807, 2.05) is 49.4 Å². The van der Waals surface area contributed by atoms with E-state index in [1.54, 1.807) is 32.5 Å². The molecule has 1 heterocycles. The number of carbonyl (C=O) groups excluding carboxylic acids is 1. The van der Waals surface area contributed by atoms with Crippen molar-refractivity contribution in [3.05, 3.63) is 71.4 Å². The number of aromatic nitrogens is 2. The molecule has 1 amide bonds. The topological polar surface area (TPSA) is 100 Å². The summed E-state index contributed by atoms with van der Waals surface area (Å²) in [5.74, 6) is 0.715. The summed E-state index contributed by atoms with van der Waals surface area (Å²) in [7, 11) is 3.12. The van der Waals surface area contributed by atoms with Gasteiger partial charge in [-0.2, -0.15) is 10.4 Å². The predicted molar refractivity (Wildman–Crippen MR) is 114 cm³/mol. The predicted octanol–water partition coefficient (Wildman–Crippen LogP) is 3.88. The fourth-order valence-electron chi connectivity index (χ4n) is 3.03. The Labute approximate surface area is 175 Å². The number of amides is 1. The van der Waals surface area contributed by atoms with Crippen LogP contribution in [0.1, 0.15) is 24.1 Å². The maximum absolute atomic E-state index is 12.6. The molecule has 0 fully saturated rings. The zero-order valence-electron chi connectivity index (χ0n) is 17.0. The largest absolute Gasteiger partial charge is 0.493 e. The number of hydrogen-bond acceptors (Lipinski definition) is 5. The molecule has 0 aliphatic heterocycles. The number of rotatable bonds is 7. The summed E-state index contributed by atoms with van der Waals surface area (Å²) in [5, 5.41) is 19.4. The average Bonchev–Trinajstić information content (AvgIpc) is 3.25. The Morgan fingerprint density at radius 2 is 1.90 bits per heavy atom. The number of H-pyrrole nitrogens is 1. The maximum atomic E-state index is 12.6. The molecule has 0 saturated heterocycles. The van der Waals surface area contributed by atoms with E-state index in [-0.39, 0.29) is 11.6 Å². The molecule has 0 aliphatic rings.